The van der Waals surface area contributed by atoms with Gasteiger partial charge in [-0.25, -0.2) is 15.0 Å². The number of furan rings is 1. The fourth-order valence-electron chi connectivity index (χ4n) is 8.04. The van der Waals surface area contributed by atoms with Crippen molar-refractivity contribution in [1.29, 1.82) is 5.26 Å². The number of fused-ring (bicyclic) bond motifs is 12. The van der Waals surface area contributed by atoms with E-state index in [0.717, 1.165) is 66.6 Å². The molecule has 6 nitrogen and oxygen atoms in total. The van der Waals surface area contributed by atoms with Gasteiger partial charge in [-0.3, -0.25) is 0 Å². The van der Waals surface area contributed by atoms with Gasteiger partial charge in [0.2, 0.25) is 0 Å². The minimum absolute atomic E-state index is 0.558. The largest absolute Gasteiger partial charge is 0.462 e. The van der Waals surface area contributed by atoms with E-state index in [1.807, 2.05) is 78.9 Å². The minimum Gasteiger partial charge on any atom is -0.462 e. The van der Waals surface area contributed by atoms with Crippen molar-refractivity contribution in [3.63, 3.8) is 0 Å². The molecule has 8 aromatic rings. The Bertz CT molecular complexity index is 2630. The monoisotopic (exact) mass is 627 g/mol. The summed E-state index contributed by atoms with van der Waals surface area (Å²) in [5.74, 6) is 1.83. The molecule has 0 aliphatic heterocycles. The summed E-state index contributed by atoms with van der Waals surface area (Å²) < 4.78 is 5.87. The van der Waals surface area contributed by atoms with E-state index < -0.39 is 5.41 Å². The van der Waals surface area contributed by atoms with Crippen LogP contribution in [0.15, 0.2) is 144 Å². The van der Waals surface area contributed by atoms with Crippen molar-refractivity contribution in [2.24, 2.45) is 0 Å². The number of nitrogens with two attached hydrogens (primary N) is 1. The number of hydrogen-bond donors (Lipinski definition) is 1. The standard InChI is InChI=1S/C43H25N5O/c44-23-28-14-9-17-33-37(28)38-34(20-21-36-39(38)35(45)24-49-36)43(33)31-16-8-7-15-29(31)30-22-27(18-19-32(30)43)42-47-40(25-10-3-1-4-11-25)46-41(48-42)26-12-5-2-6-13-26/h1-22,24H,45H2. The quantitative estimate of drug-likeness (QED) is 0.209. The molecule has 6 aromatic carbocycles. The first-order chi connectivity index (χ1) is 24.2. The first-order valence-corrected chi connectivity index (χ1v) is 16.1. The van der Waals surface area contributed by atoms with Gasteiger partial charge in [-0.05, 0) is 51.6 Å². The molecule has 0 radical (unpaired) electrons. The number of benzene rings is 6. The predicted molar refractivity (Wildman–Crippen MR) is 191 cm³/mol. The van der Waals surface area contributed by atoms with Crippen molar-refractivity contribution in [3.05, 3.63) is 168 Å². The average molecular weight is 628 g/mol. The first-order valence-electron chi connectivity index (χ1n) is 16.1. The molecule has 2 heterocycles. The van der Waals surface area contributed by atoms with Crippen LogP contribution in [0.1, 0.15) is 27.8 Å². The van der Waals surface area contributed by atoms with E-state index in [9.17, 15) is 5.26 Å². The molecule has 6 heteroatoms. The third-order valence-electron chi connectivity index (χ3n) is 10.0. The summed E-state index contributed by atoms with van der Waals surface area (Å²) in [6.45, 7) is 0. The van der Waals surface area contributed by atoms with Crippen LogP contribution in [0.2, 0.25) is 0 Å². The van der Waals surface area contributed by atoms with Gasteiger partial charge in [0.15, 0.2) is 17.5 Å². The molecule has 0 fully saturated rings. The second kappa shape index (κ2) is 10.1. The van der Waals surface area contributed by atoms with Gasteiger partial charge in [0.1, 0.15) is 11.8 Å². The van der Waals surface area contributed by atoms with Gasteiger partial charge in [-0.2, -0.15) is 5.26 Å². The van der Waals surface area contributed by atoms with Gasteiger partial charge in [-0.15, -0.1) is 0 Å². The molecule has 2 aliphatic rings. The molecule has 0 amide bonds. The lowest BCUT2D eigenvalue weighted by molar-refractivity contribution is 0.617. The van der Waals surface area contributed by atoms with Crippen molar-refractivity contribution >= 4 is 16.7 Å². The number of aromatic nitrogens is 3. The summed E-state index contributed by atoms with van der Waals surface area (Å²) in [6, 6.07) is 47.8. The van der Waals surface area contributed by atoms with Crippen LogP contribution in [0.3, 0.4) is 0 Å². The normalized spacial score (nSPS) is 15.1. The smallest absolute Gasteiger partial charge is 0.164 e. The molecule has 2 aromatic heterocycles. The maximum Gasteiger partial charge on any atom is 0.164 e. The Morgan fingerprint density at radius 3 is 1.86 bits per heavy atom. The van der Waals surface area contributed by atoms with Crippen LogP contribution >= 0.6 is 0 Å². The number of anilines is 1. The summed E-state index contributed by atoms with van der Waals surface area (Å²) in [5.41, 5.74) is 19.0. The predicted octanol–water partition coefficient (Wildman–Crippen LogP) is 9.42. The van der Waals surface area contributed by atoms with Gasteiger partial charge >= 0.3 is 0 Å². The molecule has 2 N–H and O–H groups in total. The van der Waals surface area contributed by atoms with Crippen LogP contribution in [0.5, 0.6) is 0 Å². The lowest BCUT2D eigenvalue weighted by Gasteiger charge is -2.30. The number of nitrogen functional groups attached to an aromatic ring is 1. The van der Waals surface area contributed by atoms with Crippen LogP contribution in [0.4, 0.5) is 5.69 Å². The Balaban J connectivity index is 1.26. The minimum atomic E-state index is -0.663. The van der Waals surface area contributed by atoms with Crippen LogP contribution in [0.25, 0.3) is 67.4 Å². The number of rotatable bonds is 3. The number of nitrogens with zero attached hydrogens (tertiary/aromatic N) is 4. The van der Waals surface area contributed by atoms with Gasteiger partial charge in [0, 0.05) is 27.8 Å². The maximum atomic E-state index is 10.4. The number of nitriles is 1. The van der Waals surface area contributed by atoms with Crippen molar-refractivity contribution in [3.8, 4) is 62.5 Å². The fraction of sp³-hybridized carbons (Fsp3) is 0.0233. The summed E-state index contributed by atoms with van der Waals surface area (Å²) >= 11 is 0. The van der Waals surface area contributed by atoms with Crippen LogP contribution in [-0.4, -0.2) is 15.0 Å². The molecule has 228 valence electrons. The Kier molecular flexibility index (Phi) is 5.61. The summed E-state index contributed by atoms with van der Waals surface area (Å²) in [7, 11) is 0. The summed E-state index contributed by atoms with van der Waals surface area (Å²) in [6.07, 6.45) is 1.59. The molecule has 1 unspecified atom stereocenters. The van der Waals surface area contributed by atoms with E-state index in [2.05, 4.69) is 60.7 Å². The molecule has 10 rings (SSSR count). The van der Waals surface area contributed by atoms with Crippen LogP contribution < -0.4 is 5.73 Å². The lowest BCUT2D eigenvalue weighted by Crippen LogP contribution is -2.25. The molecule has 0 saturated heterocycles. The molecule has 1 spiro atoms. The summed E-state index contributed by atoms with van der Waals surface area (Å²) in [4.78, 5) is 14.9. The van der Waals surface area contributed by atoms with Crippen LogP contribution in [-0.2, 0) is 5.41 Å². The van der Waals surface area contributed by atoms with Crippen molar-refractivity contribution in [1.82, 2.24) is 15.0 Å². The highest BCUT2D eigenvalue weighted by Gasteiger charge is 2.53. The van der Waals surface area contributed by atoms with Gasteiger partial charge in [0.25, 0.3) is 0 Å². The van der Waals surface area contributed by atoms with Crippen molar-refractivity contribution in [2.45, 2.75) is 5.41 Å². The zero-order valence-corrected chi connectivity index (χ0v) is 26.1. The van der Waals surface area contributed by atoms with E-state index in [0.29, 0.717) is 34.3 Å². The molecule has 1 atom stereocenters. The fourth-order valence-corrected chi connectivity index (χ4v) is 8.04. The van der Waals surface area contributed by atoms with E-state index in [-0.39, 0.29) is 0 Å². The highest BCUT2D eigenvalue weighted by atomic mass is 16.3. The maximum absolute atomic E-state index is 10.4. The SMILES string of the molecule is N#Cc1cccc2c1-c1c(ccc3occ(N)c13)C21c2ccccc2-c2cc(-c3nc(-c4ccccc4)nc(-c4ccccc4)n3)ccc21. The highest BCUT2D eigenvalue weighted by Crippen LogP contribution is 2.64. The Hall–Kier alpha value is -6.84. The second-order valence-electron chi connectivity index (χ2n) is 12.5. The van der Waals surface area contributed by atoms with Crippen molar-refractivity contribution in [2.75, 3.05) is 5.73 Å². The summed E-state index contributed by atoms with van der Waals surface area (Å²) in [5, 5.41) is 11.2. The molecule has 0 saturated carbocycles. The Morgan fingerprint density at radius 2 is 1.14 bits per heavy atom. The van der Waals surface area contributed by atoms with E-state index >= 15 is 0 Å². The zero-order valence-electron chi connectivity index (χ0n) is 26.1. The second-order valence-corrected chi connectivity index (χ2v) is 12.5. The first kappa shape index (κ1) is 27.3. The van der Waals surface area contributed by atoms with Crippen molar-refractivity contribution < 1.29 is 4.42 Å². The molecule has 2 aliphatic carbocycles. The van der Waals surface area contributed by atoms with E-state index in [1.54, 1.807) is 6.26 Å². The highest BCUT2D eigenvalue weighted by molar-refractivity contribution is 6.10. The molecule has 0 bridgehead atoms. The molecular formula is C43H25N5O. The van der Waals surface area contributed by atoms with Gasteiger partial charge in [0.05, 0.1) is 28.1 Å². The Morgan fingerprint density at radius 1 is 0.551 bits per heavy atom. The third kappa shape index (κ3) is 3.67. The van der Waals surface area contributed by atoms with E-state index in [1.165, 1.54) is 0 Å². The zero-order chi connectivity index (χ0) is 32.7. The average Bonchev–Trinajstić information content (AvgIpc) is 3.80. The van der Waals surface area contributed by atoms with Crippen LogP contribution in [0, 0.1) is 11.3 Å². The number of hydrogen-bond acceptors (Lipinski definition) is 6. The molecule has 49 heavy (non-hydrogen) atoms. The third-order valence-corrected chi connectivity index (χ3v) is 10.0. The topological polar surface area (TPSA) is 102 Å². The molecular weight excluding hydrogens is 603 g/mol. The van der Waals surface area contributed by atoms with Gasteiger partial charge in [-0.1, -0.05) is 115 Å². The van der Waals surface area contributed by atoms with Gasteiger partial charge < -0.3 is 10.2 Å². The Labute approximate surface area is 281 Å². The lowest BCUT2D eigenvalue weighted by atomic mass is 9.70. The van der Waals surface area contributed by atoms with E-state index in [4.69, 9.17) is 25.1 Å².